The summed E-state index contributed by atoms with van der Waals surface area (Å²) in [6, 6.07) is 12.7. The van der Waals surface area contributed by atoms with Crippen LogP contribution in [0.15, 0.2) is 64.2 Å². The minimum absolute atomic E-state index is 0.0751. The van der Waals surface area contributed by atoms with E-state index in [1.807, 2.05) is 0 Å². The number of nitrogens with zero attached hydrogens (tertiary/aromatic N) is 3. The summed E-state index contributed by atoms with van der Waals surface area (Å²) in [5, 5.41) is 2.26. The Balaban J connectivity index is 1.90. The molecule has 36 heavy (non-hydrogen) atoms. The molecule has 0 bridgehead atoms. The number of para-hydroxylation sites is 3. The molecule has 1 amide bonds. The monoisotopic (exact) mass is 498 g/mol. The summed E-state index contributed by atoms with van der Waals surface area (Å²) in [6.45, 7) is 2.56. The third-order valence-corrected chi connectivity index (χ3v) is 5.55. The van der Waals surface area contributed by atoms with Crippen molar-refractivity contribution < 1.29 is 22.7 Å². The van der Waals surface area contributed by atoms with Gasteiger partial charge in [0, 0.05) is 5.69 Å². The molecule has 8 nitrogen and oxygen atoms in total. The Morgan fingerprint density at radius 2 is 1.72 bits per heavy atom. The van der Waals surface area contributed by atoms with Gasteiger partial charge in [-0.25, -0.2) is 18.9 Å². The topological polar surface area (TPSA) is 95.2 Å². The van der Waals surface area contributed by atoms with E-state index < -0.39 is 41.1 Å². The molecule has 0 aliphatic carbocycles. The van der Waals surface area contributed by atoms with Gasteiger partial charge in [0.05, 0.1) is 29.4 Å². The standard InChI is InChI=1S/C25H21F3N4O4/c1-14-12-15(2)29-22-21(14)23(34)31(24(35)32(22)18-10-6-7-11-19(18)36-3)13-20(33)30-17-9-5-4-8-16(17)25(26,27)28/h4-12H,13H2,1-3H3,(H,30,33). The van der Waals surface area contributed by atoms with Gasteiger partial charge in [-0.1, -0.05) is 24.3 Å². The molecule has 2 aromatic carbocycles. The normalized spacial score (nSPS) is 11.5. The number of anilines is 1. The van der Waals surface area contributed by atoms with Gasteiger partial charge in [0.15, 0.2) is 5.65 Å². The maximum absolute atomic E-state index is 13.6. The fraction of sp³-hybridized carbons (Fsp3) is 0.200. The Morgan fingerprint density at radius 3 is 2.42 bits per heavy atom. The maximum Gasteiger partial charge on any atom is 0.418 e. The fourth-order valence-electron chi connectivity index (χ4n) is 4.02. The van der Waals surface area contributed by atoms with Gasteiger partial charge in [0.1, 0.15) is 12.3 Å². The molecular formula is C25H21F3N4O4. The molecule has 4 rings (SSSR count). The summed E-state index contributed by atoms with van der Waals surface area (Å²) >= 11 is 0. The molecule has 2 heterocycles. The molecule has 0 atom stereocenters. The molecule has 186 valence electrons. The largest absolute Gasteiger partial charge is 0.495 e. The molecule has 0 fully saturated rings. The number of rotatable bonds is 5. The van der Waals surface area contributed by atoms with Crippen LogP contribution < -0.4 is 21.3 Å². The highest BCUT2D eigenvalue weighted by Gasteiger charge is 2.33. The molecule has 0 aliphatic rings. The summed E-state index contributed by atoms with van der Waals surface area (Å²) in [4.78, 5) is 44.1. The number of amides is 1. The number of ether oxygens (including phenoxy) is 1. The Morgan fingerprint density at radius 1 is 1.06 bits per heavy atom. The first kappa shape index (κ1) is 24.7. The summed E-state index contributed by atoms with van der Waals surface area (Å²) in [5.74, 6) is -0.662. The number of methoxy groups -OCH3 is 1. The number of fused-ring (bicyclic) bond motifs is 1. The first-order chi connectivity index (χ1) is 17.0. The van der Waals surface area contributed by atoms with Gasteiger partial charge in [0.2, 0.25) is 5.91 Å². The average Bonchev–Trinajstić information content (AvgIpc) is 2.81. The molecule has 0 saturated heterocycles. The number of halogens is 3. The quantitative estimate of drug-likeness (QED) is 0.451. The lowest BCUT2D eigenvalue weighted by atomic mass is 10.1. The first-order valence-electron chi connectivity index (χ1n) is 10.8. The van der Waals surface area contributed by atoms with E-state index in [2.05, 4.69) is 10.3 Å². The minimum Gasteiger partial charge on any atom is -0.495 e. The van der Waals surface area contributed by atoms with Gasteiger partial charge in [0.25, 0.3) is 5.56 Å². The SMILES string of the molecule is COc1ccccc1-n1c(=O)n(CC(=O)Nc2ccccc2C(F)(F)F)c(=O)c2c(C)cc(C)nc21. The first-order valence-corrected chi connectivity index (χ1v) is 10.8. The van der Waals surface area contributed by atoms with Gasteiger partial charge >= 0.3 is 11.9 Å². The molecule has 4 aromatic rings. The number of alkyl halides is 3. The van der Waals surface area contributed by atoms with Crippen LogP contribution in [0.4, 0.5) is 18.9 Å². The van der Waals surface area contributed by atoms with Crippen LogP contribution >= 0.6 is 0 Å². The average molecular weight is 498 g/mol. The molecule has 1 N–H and O–H groups in total. The number of pyridine rings is 1. The predicted molar refractivity (Wildman–Crippen MR) is 128 cm³/mol. The molecule has 11 heteroatoms. The number of aromatic nitrogens is 3. The van der Waals surface area contributed by atoms with Crippen molar-refractivity contribution in [2.75, 3.05) is 12.4 Å². The maximum atomic E-state index is 13.6. The van der Waals surface area contributed by atoms with Crippen LogP contribution in [-0.2, 0) is 17.5 Å². The van der Waals surface area contributed by atoms with Crippen molar-refractivity contribution in [3.63, 3.8) is 0 Å². The van der Waals surface area contributed by atoms with Crippen molar-refractivity contribution in [1.29, 1.82) is 0 Å². The Kier molecular flexibility index (Phi) is 6.40. The number of aryl methyl sites for hydroxylation is 2. The molecule has 0 radical (unpaired) electrons. The smallest absolute Gasteiger partial charge is 0.418 e. The lowest BCUT2D eigenvalue weighted by Gasteiger charge is -2.17. The van der Waals surface area contributed by atoms with Crippen molar-refractivity contribution in [1.82, 2.24) is 14.1 Å². The molecule has 0 saturated carbocycles. The zero-order valence-electron chi connectivity index (χ0n) is 19.5. The van der Waals surface area contributed by atoms with Crippen LogP contribution in [0.3, 0.4) is 0 Å². The highest BCUT2D eigenvalue weighted by Crippen LogP contribution is 2.34. The lowest BCUT2D eigenvalue weighted by molar-refractivity contribution is -0.137. The zero-order chi connectivity index (χ0) is 26.2. The predicted octanol–water partition coefficient (Wildman–Crippen LogP) is 3.83. The van der Waals surface area contributed by atoms with Crippen molar-refractivity contribution in [2.24, 2.45) is 0 Å². The summed E-state index contributed by atoms with van der Waals surface area (Å²) in [5.41, 5.74) is -1.78. The van der Waals surface area contributed by atoms with E-state index >= 15 is 0 Å². The van der Waals surface area contributed by atoms with Crippen molar-refractivity contribution >= 4 is 22.6 Å². The number of nitrogens with one attached hydrogen (secondary N) is 1. The molecular weight excluding hydrogens is 477 g/mol. The van der Waals surface area contributed by atoms with E-state index in [0.717, 1.165) is 16.7 Å². The van der Waals surface area contributed by atoms with Crippen LogP contribution in [0, 0.1) is 13.8 Å². The van der Waals surface area contributed by atoms with Crippen LogP contribution in [0.5, 0.6) is 5.75 Å². The van der Waals surface area contributed by atoms with Crippen molar-refractivity contribution in [3.8, 4) is 11.4 Å². The number of carbonyl (C=O) groups excluding carboxylic acids is 1. The van der Waals surface area contributed by atoms with Crippen LogP contribution in [0.2, 0.25) is 0 Å². The van der Waals surface area contributed by atoms with Crippen LogP contribution in [-0.4, -0.2) is 27.1 Å². The van der Waals surface area contributed by atoms with Crippen molar-refractivity contribution in [3.05, 3.63) is 92.3 Å². The van der Waals surface area contributed by atoms with Gasteiger partial charge in [-0.3, -0.25) is 9.59 Å². The van der Waals surface area contributed by atoms with E-state index in [0.29, 0.717) is 21.6 Å². The highest BCUT2D eigenvalue weighted by atomic mass is 19.4. The van der Waals surface area contributed by atoms with E-state index in [1.165, 1.54) is 19.2 Å². The minimum atomic E-state index is -4.71. The van der Waals surface area contributed by atoms with Crippen LogP contribution in [0.1, 0.15) is 16.8 Å². The molecule has 2 aromatic heterocycles. The second-order valence-electron chi connectivity index (χ2n) is 8.05. The summed E-state index contributed by atoms with van der Waals surface area (Å²) < 4.78 is 47.2. The molecule has 0 aliphatic heterocycles. The number of hydrogen-bond donors (Lipinski definition) is 1. The Bertz CT molecular complexity index is 1610. The number of carbonyl (C=O) groups is 1. The number of hydrogen-bond acceptors (Lipinski definition) is 5. The number of benzene rings is 2. The highest BCUT2D eigenvalue weighted by molar-refractivity contribution is 5.91. The lowest BCUT2D eigenvalue weighted by Crippen LogP contribution is -2.43. The van der Waals surface area contributed by atoms with E-state index in [1.54, 1.807) is 44.2 Å². The zero-order valence-corrected chi connectivity index (χ0v) is 19.5. The molecule has 0 spiro atoms. The second-order valence-corrected chi connectivity index (χ2v) is 8.05. The van der Waals surface area contributed by atoms with Gasteiger partial charge in [-0.15, -0.1) is 0 Å². The third kappa shape index (κ3) is 4.47. The Hall–Kier alpha value is -4.41. The van der Waals surface area contributed by atoms with Crippen molar-refractivity contribution in [2.45, 2.75) is 26.6 Å². The van der Waals surface area contributed by atoms with E-state index in [-0.39, 0.29) is 16.7 Å². The summed E-state index contributed by atoms with van der Waals surface area (Å²) in [7, 11) is 1.41. The third-order valence-electron chi connectivity index (χ3n) is 5.55. The summed E-state index contributed by atoms with van der Waals surface area (Å²) in [6.07, 6.45) is -4.71. The van der Waals surface area contributed by atoms with E-state index in [9.17, 15) is 27.6 Å². The van der Waals surface area contributed by atoms with Gasteiger partial charge in [-0.2, -0.15) is 13.2 Å². The van der Waals surface area contributed by atoms with Gasteiger partial charge in [-0.05, 0) is 49.7 Å². The van der Waals surface area contributed by atoms with Gasteiger partial charge < -0.3 is 10.1 Å². The van der Waals surface area contributed by atoms with Crippen LogP contribution in [0.25, 0.3) is 16.7 Å². The van der Waals surface area contributed by atoms with E-state index in [4.69, 9.17) is 4.74 Å². The molecule has 0 unspecified atom stereocenters. The second kappa shape index (κ2) is 9.33. The fourth-order valence-corrected chi connectivity index (χ4v) is 4.02. The Labute approximate surface area is 202 Å².